The first-order chi connectivity index (χ1) is 4.93. The molecule has 0 saturated heterocycles. The van der Waals surface area contributed by atoms with Gasteiger partial charge in [0.1, 0.15) is 6.67 Å². The Morgan fingerprint density at radius 1 is 1.70 bits per heavy atom. The average molecular weight is 143 g/mol. The van der Waals surface area contributed by atoms with Gasteiger partial charge in [-0.1, -0.05) is 0 Å². The highest BCUT2D eigenvalue weighted by atomic mass is 19.1. The van der Waals surface area contributed by atoms with E-state index in [1.807, 2.05) is 6.07 Å². The molecular formula is C6H10FN3. The van der Waals surface area contributed by atoms with Gasteiger partial charge in [0.2, 0.25) is 0 Å². The summed E-state index contributed by atoms with van der Waals surface area (Å²) in [5, 5.41) is 9.39. The summed E-state index contributed by atoms with van der Waals surface area (Å²) < 4.78 is 11.5. The molecule has 1 rings (SSSR count). The molecule has 0 aliphatic carbocycles. The molecule has 0 aliphatic rings. The molecule has 0 amide bonds. The van der Waals surface area contributed by atoms with Crippen molar-refractivity contribution in [2.75, 3.05) is 13.2 Å². The van der Waals surface area contributed by atoms with Crippen LogP contribution in [0.1, 0.15) is 5.69 Å². The minimum atomic E-state index is -0.325. The van der Waals surface area contributed by atoms with E-state index < -0.39 is 0 Å². The van der Waals surface area contributed by atoms with Crippen molar-refractivity contribution >= 4 is 0 Å². The van der Waals surface area contributed by atoms with Crippen LogP contribution in [-0.2, 0) is 6.54 Å². The number of halogens is 1. The molecule has 1 heterocycles. The lowest BCUT2D eigenvalue weighted by atomic mass is 10.4. The van der Waals surface area contributed by atoms with E-state index in [9.17, 15) is 4.39 Å². The first-order valence-electron chi connectivity index (χ1n) is 3.18. The Morgan fingerprint density at radius 2 is 2.60 bits per heavy atom. The zero-order chi connectivity index (χ0) is 7.23. The molecule has 0 aliphatic heterocycles. The van der Waals surface area contributed by atoms with Crippen LogP contribution in [0.4, 0.5) is 4.39 Å². The standard InChI is InChI=1S/C6H10FN3/c7-2-4-8-5-6-1-3-9-10-6/h1,3,8H,2,4-5H2,(H,9,10). The van der Waals surface area contributed by atoms with Crippen molar-refractivity contribution in [3.63, 3.8) is 0 Å². The van der Waals surface area contributed by atoms with Crippen molar-refractivity contribution in [1.29, 1.82) is 0 Å². The molecule has 0 atom stereocenters. The number of alkyl halides is 1. The summed E-state index contributed by atoms with van der Waals surface area (Å²) in [4.78, 5) is 0. The number of nitrogens with zero attached hydrogens (tertiary/aromatic N) is 1. The summed E-state index contributed by atoms with van der Waals surface area (Å²) >= 11 is 0. The lowest BCUT2D eigenvalue weighted by molar-refractivity contribution is 0.465. The lowest BCUT2D eigenvalue weighted by Crippen LogP contribution is -2.16. The Bertz CT molecular complexity index is 162. The Morgan fingerprint density at radius 3 is 3.20 bits per heavy atom. The number of nitrogens with one attached hydrogen (secondary N) is 2. The summed E-state index contributed by atoms with van der Waals surface area (Å²) in [6.45, 7) is 0.733. The average Bonchev–Trinajstić information content (AvgIpc) is 2.41. The van der Waals surface area contributed by atoms with Gasteiger partial charge < -0.3 is 5.32 Å². The third-order valence-corrected chi connectivity index (χ3v) is 1.15. The molecule has 4 heteroatoms. The largest absolute Gasteiger partial charge is 0.309 e. The molecular weight excluding hydrogens is 133 g/mol. The minimum absolute atomic E-state index is 0.325. The van der Waals surface area contributed by atoms with Crippen molar-refractivity contribution in [2.45, 2.75) is 6.54 Å². The van der Waals surface area contributed by atoms with Crippen LogP contribution >= 0.6 is 0 Å². The molecule has 10 heavy (non-hydrogen) atoms. The highest BCUT2D eigenvalue weighted by Crippen LogP contribution is 1.88. The maximum absolute atomic E-state index is 11.5. The van der Waals surface area contributed by atoms with Crippen LogP contribution in [0.25, 0.3) is 0 Å². The summed E-state index contributed by atoms with van der Waals surface area (Å²) in [6, 6.07) is 1.85. The van der Waals surface area contributed by atoms with E-state index in [0.717, 1.165) is 5.69 Å². The van der Waals surface area contributed by atoms with E-state index in [-0.39, 0.29) is 6.67 Å². The van der Waals surface area contributed by atoms with E-state index >= 15 is 0 Å². The number of aromatic nitrogens is 2. The summed E-state index contributed by atoms with van der Waals surface area (Å²) in [5.41, 5.74) is 0.980. The van der Waals surface area contributed by atoms with Crippen LogP contribution in [-0.4, -0.2) is 23.4 Å². The second kappa shape index (κ2) is 4.00. The number of aromatic amines is 1. The number of H-pyrrole nitrogens is 1. The number of hydrogen-bond acceptors (Lipinski definition) is 2. The first-order valence-corrected chi connectivity index (χ1v) is 3.18. The van der Waals surface area contributed by atoms with Gasteiger partial charge in [0.25, 0.3) is 0 Å². The molecule has 1 aromatic rings. The minimum Gasteiger partial charge on any atom is -0.309 e. The van der Waals surface area contributed by atoms with E-state index in [2.05, 4.69) is 15.5 Å². The van der Waals surface area contributed by atoms with E-state index in [0.29, 0.717) is 13.1 Å². The van der Waals surface area contributed by atoms with E-state index in [1.165, 1.54) is 0 Å². The van der Waals surface area contributed by atoms with Gasteiger partial charge in [-0.2, -0.15) is 5.10 Å². The van der Waals surface area contributed by atoms with E-state index in [4.69, 9.17) is 0 Å². The van der Waals surface area contributed by atoms with Crippen LogP contribution in [0.3, 0.4) is 0 Å². The molecule has 0 saturated carbocycles. The Balaban J connectivity index is 2.15. The first kappa shape index (κ1) is 7.21. The maximum atomic E-state index is 11.5. The molecule has 56 valence electrons. The third-order valence-electron chi connectivity index (χ3n) is 1.15. The topological polar surface area (TPSA) is 40.7 Å². The fraction of sp³-hybridized carbons (Fsp3) is 0.500. The molecule has 0 fully saturated rings. The Hall–Kier alpha value is -0.900. The molecule has 0 unspecified atom stereocenters. The van der Waals surface area contributed by atoms with Crippen LogP contribution in [0, 0.1) is 0 Å². The van der Waals surface area contributed by atoms with Gasteiger partial charge in [-0.05, 0) is 6.07 Å². The van der Waals surface area contributed by atoms with Crippen LogP contribution in [0.5, 0.6) is 0 Å². The second-order valence-electron chi connectivity index (χ2n) is 1.95. The fourth-order valence-electron chi connectivity index (χ4n) is 0.673. The monoisotopic (exact) mass is 143 g/mol. The molecule has 3 nitrogen and oxygen atoms in total. The van der Waals surface area contributed by atoms with Gasteiger partial charge in [-0.3, -0.25) is 5.10 Å². The third kappa shape index (κ3) is 2.14. The van der Waals surface area contributed by atoms with Gasteiger partial charge >= 0.3 is 0 Å². The lowest BCUT2D eigenvalue weighted by Gasteiger charge is -1.96. The molecule has 0 bridgehead atoms. The van der Waals surface area contributed by atoms with Gasteiger partial charge in [-0.15, -0.1) is 0 Å². The van der Waals surface area contributed by atoms with Crippen LogP contribution in [0.15, 0.2) is 12.3 Å². The SMILES string of the molecule is FCCNCc1ccn[nH]1. The highest BCUT2D eigenvalue weighted by Gasteiger charge is 1.90. The van der Waals surface area contributed by atoms with Gasteiger partial charge in [0.15, 0.2) is 0 Å². The van der Waals surface area contributed by atoms with Crippen molar-refractivity contribution in [1.82, 2.24) is 15.5 Å². The summed E-state index contributed by atoms with van der Waals surface area (Å²) in [7, 11) is 0. The normalized spacial score (nSPS) is 10.1. The van der Waals surface area contributed by atoms with Gasteiger partial charge in [-0.25, -0.2) is 4.39 Å². The number of hydrogen-bond donors (Lipinski definition) is 2. The zero-order valence-corrected chi connectivity index (χ0v) is 5.60. The van der Waals surface area contributed by atoms with Crippen molar-refractivity contribution in [2.24, 2.45) is 0 Å². The molecule has 0 radical (unpaired) electrons. The second-order valence-corrected chi connectivity index (χ2v) is 1.95. The summed E-state index contributed by atoms with van der Waals surface area (Å²) in [6.07, 6.45) is 1.67. The summed E-state index contributed by atoms with van der Waals surface area (Å²) in [5.74, 6) is 0. The maximum Gasteiger partial charge on any atom is 0.102 e. The number of rotatable bonds is 4. The van der Waals surface area contributed by atoms with Crippen molar-refractivity contribution < 1.29 is 4.39 Å². The van der Waals surface area contributed by atoms with E-state index in [1.54, 1.807) is 6.20 Å². The zero-order valence-electron chi connectivity index (χ0n) is 5.60. The highest BCUT2D eigenvalue weighted by molar-refractivity contribution is 4.96. The van der Waals surface area contributed by atoms with Gasteiger partial charge in [0, 0.05) is 25.0 Å². The smallest absolute Gasteiger partial charge is 0.102 e. The van der Waals surface area contributed by atoms with Crippen LogP contribution < -0.4 is 5.32 Å². The quantitative estimate of drug-likeness (QED) is 0.601. The molecule has 0 aromatic carbocycles. The Labute approximate surface area is 58.6 Å². The molecule has 1 aromatic heterocycles. The van der Waals surface area contributed by atoms with Crippen LogP contribution in [0.2, 0.25) is 0 Å². The van der Waals surface area contributed by atoms with Crippen molar-refractivity contribution in [3.05, 3.63) is 18.0 Å². The molecule has 0 spiro atoms. The Kier molecular flexibility index (Phi) is 2.89. The predicted octanol–water partition coefficient (Wildman–Crippen LogP) is 0.469. The fourth-order valence-corrected chi connectivity index (χ4v) is 0.673. The van der Waals surface area contributed by atoms with Gasteiger partial charge in [0.05, 0.1) is 0 Å². The van der Waals surface area contributed by atoms with Crippen molar-refractivity contribution in [3.8, 4) is 0 Å². The molecule has 2 N–H and O–H groups in total. The predicted molar refractivity (Wildman–Crippen MR) is 36.3 cm³/mol.